The minimum atomic E-state index is -0.649. The van der Waals surface area contributed by atoms with Crippen LogP contribution >= 0.6 is 0 Å². The van der Waals surface area contributed by atoms with Crippen LogP contribution in [0.1, 0.15) is 24.2 Å². The summed E-state index contributed by atoms with van der Waals surface area (Å²) in [5, 5.41) is 11.1. The number of nitrogens with one attached hydrogen (secondary N) is 1. The maximum Gasteiger partial charge on any atom is 0.223 e. The zero-order chi connectivity index (χ0) is 20.4. The van der Waals surface area contributed by atoms with Crippen molar-refractivity contribution in [3.05, 3.63) is 66.0 Å². The van der Waals surface area contributed by atoms with Gasteiger partial charge in [-0.15, -0.1) is 0 Å². The van der Waals surface area contributed by atoms with Gasteiger partial charge in [0.25, 0.3) is 0 Å². The van der Waals surface area contributed by atoms with Crippen LogP contribution in [0.4, 0.5) is 0 Å². The summed E-state index contributed by atoms with van der Waals surface area (Å²) in [5.74, 6) is 0.883. The van der Waals surface area contributed by atoms with Crippen LogP contribution in [0.25, 0.3) is 11.0 Å². The Morgan fingerprint density at radius 2 is 1.93 bits per heavy atom. The number of aromatic nitrogens is 2. The van der Waals surface area contributed by atoms with E-state index in [1.165, 1.54) is 0 Å². The highest BCUT2D eigenvalue weighted by atomic mass is 16.3. The van der Waals surface area contributed by atoms with Crippen LogP contribution in [0.3, 0.4) is 0 Å². The van der Waals surface area contributed by atoms with Crippen LogP contribution < -0.4 is 0 Å². The molecule has 4 rings (SSSR count). The summed E-state index contributed by atoms with van der Waals surface area (Å²) in [6, 6.07) is 18.0. The highest BCUT2D eigenvalue weighted by Crippen LogP contribution is 2.37. The minimum absolute atomic E-state index is 0.0601. The number of β-amino-alcohol motifs (C(OH)–C–C–N with tert-alkyl or cyclic N) is 1. The van der Waals surface area contributed by atoms with Crippen molar-refractivity contribution in [2.75, 3.05) is 27.2 Å². The Bertz CT molecular complexity index is 952. The van der Waals surface area contributed by atoms with Crippen LogP contribution in [0.2, 0.25) is 0 Å². The van der Waals surface area contributed by atoms with E-state index in [-0.39, 0.29) is 5.91 Å². The largest absolute Gasteiger partial charge is 0.389 e. The number of hydrogen-bond donors (Lipinski definition) is 2. The molecule has 2 aromatic carbocycles. The lowest BCUT2D eigenvalue weighted by atomic mass is 9.77. The first-order valence-electron chi connectivity index (χ1n) is 10.1. The summed E-state index contributed by atoms with van der Waals surface area (Å²) in [5.41, 5.74) is 2.52. The van der Waals surface area contributed by atoms with Gasteiger partial charge in [0.15, 0.2) is 0 Å². The highest BCUT2D eigenvalue weighted by molar-refractivity contribution is 5.77. The van der Waals surface area contributed by atoms with E-state index in [0.717, 1.165) is 22.4 Å². The molecule has 152 valence electrons. The number of imidazole rings is 1. The van der Waals surface area contributed by atoms with Crippen molar-refractivity contribution < 1.29 is 9.90 Å². The lowest BCUT2D eigenvalue weighted by Crippen LogP contribution is -2.60. The molecule has 0 bridgehead atoms. The number of hydrogen-bond acceptors (Lipinski definition) is 4. The van der Waals surface area contributed by atoms with E-state index < -0.39 is 11.6 Å². The van der Waals surface area contributed by atoms with E-state index in [4.69, 9.17) is 0 Å². The number of rotatable bonds is 5. The Labute approximate surface area is 171 Å². The molecule has 0 spiro atoms. The van der Waals surface area contributed by atoms with E-state index in [2.05, 4.69) is 27.0 Å². The third-order valence-corrected chi connectivity index (χ3v) is 6.15. The van der Waals surface area contributed by atoms with Crippen molar-refractivity contribution in [3.63, 3.8) is 0 Å². The second-order valence-corrected chi connectivity index (χ2v) is 7.99. The van der Waals surface area contributed by atoms with Crippen LogP contribution in [0.15, 0.2) is 54.6 Å². The molecule has 2 atom stereocenters. The number of para-hydroxylation sites is 2. The van der Waals surface area contributed by atoms with Crippen molar-refractivity contribution in [2.24, 2.45) is 0 Å². The third kappa shape index (κ3) is 3.66. The Hall–Kier alpha value is -2.70. The van der Waals surface area contributed by atoms with Gasteiger partial charge in [0.1, 0.15) is 5.82 Å². The second-order valence-electron chi connectivity index (χ2n) is 7.99. The fourth-order valence-corrected chi connectivity index (χ4v) is 4.50. The number of aryl methyl sites for hydroxylation is 1. The molecule has 0 saturated carbocycles. The molecule has 29 heavy (non-hydrogen) atoms. The average molecular weight is 393 g/mol. The number of fused-ring (bicyclic) bond motifs is 1. The lowest BCUT2D eigenvalue weighted by Gasteiger charge is -2.49. The van der Waals surface area contributed by atoms with E-state index in [1.54, 1.807) is 4.90 Å². The van der Waals surface area contributed by atoms with Crippen LogP contribution in [0, 0.1) is 0 Å². The van der Waals surface area contributed by atoms with Crippen LogP contribution in [-0.4, -0.2) is 64.1 Å². The number of H-pyrrole nitrogens is 1. The number of likely N-dealkylation sites (tertiary alicyclic amines) is 1. The van der Waals surface area contributed by atoms with Gasteiger partial charge in [-0.05, 0) is 38.2 Å². The van der Waals surface area contributed by atoms with Crippen LogP contribution in [0.5, 0.6) is 0 Å². The quantitative estimate of drug-likeness (QED) is 0.700. The SMILES string of the molecule is CN(C)[C@]1(c2ccccc2)CCN(C(=O)CCc2nc3ccccc3[nH]2)C[C@H]1O. The molecule has 1 aromatic heterocycles. The number of carbonyl (C=O) groups excluding carboxylic acids is 1. The van der Waals surface area contributed by atoms with Crippen molar-refractivity contribution in [1.82, 2.24) is 19.8 Å². The zero-order valence-corrected chi connectivity index (χ0v) is 17.0. The van der Waals surface area contributed by atoms with Gasteiger partial charge in [-0.25, -0.2) is 4.98 Å². The molecule has 6 nitrogen and oxygen atoms in total. The number of nitrogens with zero attached hydrogens (tertiary/aromatic N) is 3. The Kier molecular flexibility index (Phi) is 5.39. The fraction of sp³-hybridized carbons (Fsp3) is 0.391. The Balaban J connectivity index is 1.42. The predicted molar refractivity (Wildman–Crippen MR) is 113 cm³/mol. The van der Waals surface area contributed by atoms with Gasteiger partial charge in [0, 0.05) is 25.9 Å². The molecule has 1 aliphatic heterocycles. The topological polar surface area (TPSA) is 72.5 Å². The molecule has 1 aliphatic rings. The van der Waals surface area contributed by atoms with Crippen molar-refractivity contribution in [3.8, 4) is 0 Å². The van der Waals surface area contributed by atoms with Gasteiger partial charge < -0.3 is 15.0 Å². The lowest BCUT2D eigenvalue weighted by molar-refractivity contribution is -0.140. The number of carbonyl (C=O) groups is 1. The van der Waals surface area contributed by atoms with E-state index >= 15 is 0 Å². The van der Waals surface area contributed by atoms with Crippen LogP contribution in [-0.2, 0) is 16.8 Å². The molecule has 1 fully saturated rings. The molecule has 0 radical (unpaired) electrons. The second kappa shape index (κ2) is 7.97. The average Bonchev–Trinajstić information content (AvgIpc) is 3.15. The normalized spacial score (nSPS) is 22.3. The molecule has 2 N–H and O–H groups in total. The summed E-state index contributed by atoms with van der Waals surface area (Å²) in [6.45, 7) is 0.967. The molecule has 1 amide bonds. The number of aliphatic hydroxyl groups is 1. The van der Waals surface area contributed by atoms with Gasteiger partial charge in [-0.1, -0.05) is 42.5 Å². The predicted octanol–water partition coefficient (Wildman–Crippen LogP) is 2.55. The summed E-state index contributed by atoms with van der Waals surface area (Å²) >= 11 is 0. The number of aliphatic hydroxyl groups excluding tert-OH is 1. The van der Waals surface area contributed by atoms with Crippen molar-refractivity contribution >= 4 is 16.9 Å². The van der Waals surface area contributed by atoms with Gasteiger partial charge in [-0.2, -0.15) is 0 Å². The van der Waals surface area contributed by atoms with E-state index in [9.17, 15) is 9.90 Å². The maximum absolute atomic E-state index is 12.8. The summed E-state index contributed by atoms with van der Waals surface area (Å²) in [4.78, 5) is 24.5. The number of aromatic amines is 1. The number of likely N-dealkylation sites (N-methyl/N-ethyl adjacent to an activating group) is 1. The highest BCUT2D eigenvalue weighted by Gasteiger charge is 2.46. The van der Waals surface area contributed by atoms with Gasteiger partial charge in [-0.3, -0.25) is 9.69 Å². The molecule has 2 heterocycles. The first-order valence-corrected chi connectivity index (χ1v) is 10.1. The van der Waals surface area contributed by atoms with Crippen molar-refractivity contribution in [2.45, 2.75) is 30.9 Å². The summed E-state index contributed by atoms with van der Waals surface area (Å²) < 4.78 is 0. The monoisotopic (exact) mass is 392 g/mol. The summed E-state index contributed by atoms with van der Waals surface area (Å²) in [7, 11) is 3.99. The zero-order valence-electron chi connectivity index (χ0n) is 17.0. The standard InChI is InChI=1S/C23H28N4O2/c1-26(2)23(17-8-4-3-5-9-17)14-15-27(16-20(23)28)22(29)13-12-21-24-18-10-6-7-11-19(18)25-21/h3-11,20,28H,12-16H2,1-2H3,(H,24,25)/t20-,23+/m1/s1. The Morgan fingerprint density at radius 3 is 2.62 bits per heavy atom. The van der Waals surface area contributed by atoms with E-state index in [1.807, 2.05) is 56.6 Å². The molecule has 0 unspecified atom stereocenters. The molecule has 3 aromatic rings. The maximum atomic E-state index is 12.8. The number of benzene rings is 2. The van der Waals surface area contributed by atoms with Gasteiger partial charge in [0.05, 0.1) is 22.7 Å². The van der Waals surface area contributed by atoms with E-state index in [0.29, 0.717) is 32.4 Å². The molecule has 1 saturated heterocycles. The number of piperidine rings is 1. The smallest absolute Gasteiger partial charge is 0.223 e. The number of amides is 1. The minimum Gasteiger partial charge on any atom is -0.389 e. The fourth-order valence-electron chi connectivity index (χ4n) is 4.50. The van der Waals surface area contributed by atoms with Crippen molar-refractivity contribution in [1.29, 1.82) is 0 Å². The molecular formula is C23H28N4O2. The Morgan fingerprint density at radius 1 is 1.21 bits per heavy atom. The third-order valence-electron chi connectivity index (χ3n) is 6.15. The molecular weight excluding hydrogens is 364 g/mol. The first kappa shape index (κ1) is 19.6. The summed E-state index contributed by atoms with van der Waals surface area (Å²) in [6.07, 6.45) is 0.996. The first-order chi connectivity index (χ1) is 14.0. The molecule has 0 aliphatic carbocycles. The van der Waals surface area contributed by atoms with Gasteiger partial charge >= 0.3 is 0 Å². The van der Waals surface area contributed by atoms with Gasteiger partial charge in [0.2, 0.25) is 5.91 Å². The molecule has 6 heteroatoms.